The Hall–Kier alpha value is -2.31. The first-order chi connectivity index (χ1) is 12.1. The number of nitrogens with zero attached hydrogens (tertiary/aromatic N) is 2. The molecule has 1 aromatic heterocycles. The van der Waals surface area contributed by atoms with Crippen LogP contribution in [0.2, 0.25) is 0 Å². The highest BCUT2D eigenvalue weighted by Crippen LogP contribution is 2.37. The van der Waals surface area contributed by atoms with Crippen LogP contribution in [0.4, 0.5) is 0 Å². The molecule has 25 heavy (non-hydrogen) atoms. The molecule has 6 heteroatoms. The van der Waals surface area contributed by atoms with Crippen LogP contribution in [0, 0.1) is 6.92 Å². The first-order valence-corrected chi connectivity index (χ1v) is 8.55. The van der Waals surface area contributed by atoms with E-state index in [0.717, 1.165) is 35.7 Å². The van der Waals surface area contributed by atoms with Crippen LogP contribution >= 0.6 is 0 Å². The summed E-state index contributed by atoms with van der Waals surface area (Å²) in [4.78, 5) is 6.54. The van der Waals surface area contributed by atoms with E-state index >= 15 is 0 Å². The van der Waals surface area contributed by atoms with Crippen LogP contribution in [-0.2, 0) is 6.54 Å². The van der Waals surface area contributed by atoms with Crippen LogP contribution in [0.15, 0.2) is 30.3 Å². The minimum atomic E-state index is -0.471. The Kier molecular flexibility index (Phi) is 4.23. The summed E-state index contributed by atoms with van der Waals surface area (Å²) < 4.78 is 10.8. The summed E-state index contributed by atoms with van der Waals surface area (Å²) in [6.45, 7) is 4.09. The number of aliphatic hydroxyl groups excluding tert-OH is 1. The number of rotatable bonds is 3. The summed E-state index contributed by atoms with van der Waals surface area (Å²) >= 11 is 0. The average Bonchev–Trinajstić information content (AvgIpc) is 3.06. The van der Waals surface area contributed by atoms with Gasteiger partial charge in [-0.15, -0.1) is 0 Å². The molecule has 0 aliphatic carbocycles. The van der Waals surface area contributed by atoms with Gasteiger partial charge in [-0.05, 0) is 49.7 Å². The minimum absolute atomic E-state index is 0.0739. The van der Waals surface area contributed by atoms with Crippen molar-refractivity contribution in [3.63, 3.8) is 0 Å². The number of fused-ring (bicyclic) bond motifs is 1. The summed E-state index contributed by atoms with van der Waals surface area (Å²) in [5.41, 5.74) is 2.62. The van der Waals surface area contributed by atoms with Gasteiger partial charge in [0, 0.05) is 24.7 Å². The van der Waals surface area contributed by atoms with Gasteiger partial charge in [-0.1, -0.05) is 6.07 Å². The van der Waals surface area contributed by atoms with Crippen LogP contribution in [0.3, 0.4) is 0 Å². The number of hydrogen-bond donors (Lipinski definition) is 2. The molecule has 0 amide bonds. The predicted molar refractivity (Wildman–Crippen MR) is 91.8 cm³/mol. The van der Waals surface area contributed by atoms with E-state index in [-0.39, 0.29) is 18.5 Å². The van der Waals surface area contributed by atoms with Gasteiger partial charge in [-0.25, -0.2) is 0 Å². The molecule has 0 spiro atoms. The lowest BCUT2D eigenvalue weighted by atomic mass is 9.87. The first kappa shape index (κ1) is 16.2. The van der Waals surface area contributed by atoms with Crippen molar-refractivity contribution in [2.24, 2.45) is 0 Å². The Bertz CT molecular complexity index is 780. The molecular formula is C19H22N2O4. The van der Waals surface area contributed by atoms with Crippen LogP contribution in [0.5, 0.6) is 17.2 Å². The summed E-state index contributed by atoms with van der Waals surface area (Å²) in [5, 5.41) is 20.6. The summed E-state index contributed by atoms with van der Waals surface area (Å²) in [6, 6.07) is 9.35. The number of β-amino-alcohol motifs (C(OH)–C–C–N with tert-alkyl or cyclic N) is 1. The molecule has 0 unspecified atom stereocenters. The predicted octanol–water partition coefficient (Wildman–Crippen LogP) is 2.17. The second kappa shape index (κ2) is 6.54. The number of likely N-dealkylation sites (tertiary alicyclic amines) is 1. The van der Waals surface area contributed by atoms with Crippen molar-refractivity contribution in [1.82, 2.24) is 9.88 Å². The number of hydrogen-bond acceptors (Lipinski definition) is 6. The number of pyridine rings is 1. The second-order valence-corrected chi connectivity index (χ2v) is 6.73. The molecule has 2 atom stereocenters. The largest absolute Gasteiger partial charge is 0.506 e. The Morgan fingerprint density at radius 2 is 2.04 bits per heavy atom. The first-order valence-electron chi connectivity index (χ1n) is 8.55. The third-order valence-electron chi connectivity index (χ3n) is 4.95. The van der Waals surface area contributed by atoms with E-state index in [1.807, 2.05) is 25.1 Å². The van der Waals surface area contributed by atoms with Crippen LogP contribution < -0.4 is 9.47 Å². The molecule has 2 aromatic rings. The number of piperidine rings is 1. The fourth-order valence-corrected chi connectivity index (χ4v) is 3.60. The molecule has 3 heterocycles. The Labute approximate surface area is 146 Å². The number of benzene rings is 1. The molecule has 6 nitrogen and oxygen atoms in total. The molecule has 2 aliphatic heterocycles. The van der Waals surface area contributed by atoms with Gasteiger partial charge in [0.2, 0.25) is 6.79 Å². The van der Waals surface area contributed by atoms with Crippen molar-refractivity contribution in [3.05, 3.63) is 47.3 Å². The van der Waals surface area contributed by atoms with Crippen LogP contribution in [-0.4, -0.2) is 46.1 Å². The average molecular weight is 342 g/mol. The third kappa shape index (κ3) is 3.27. The van der Waals surface area contributed by atoms with Crippen molar-refractivity contribution in [3.8, 4) is 17.2 Å². The van der Waals surface area contributed by atoms with E-state index < -0.39 is 6.10 Å². The van der Waals surface area contributed by atoms with E-state index in [1.54, 1.807) is 12.1 Å². The molecule has 0 bridgehead atoms. The summed E-state index contributed by atoms with van der Waals surface area (Å²) in [7, 11) is 0. The maximum absolute atomic E-state index is 10.6. The molecule has 2 aliphatic rings. The van der Waals surface area contributed by atoms with E-state index in [4.69, 9.17) is 9.47 Å². The maximum atomic E-state index is 10.6. The van der Waals surface area contributed by atoms with E-state index in [9.17, 15) is 10.2 Å². The fraction of sp³-hybridized carbons (Fsp3) is 0.421. The fourth-order valence-electron chi connectivity index (χ4n) is 3.60. The Morgan fingerprint density at radius 1 is 1.20 bits per heavy atom. The summed E-state index contributed by atoms with van der Waals surface area (Å²) in [5.74, 6) is 1.79. The highest BCUT2D eigenvalue weighted by molar-refractivity contribution is 5.45. The van der Waals surface area contributed by atoms with Gasteiger partial charge in [0.05, 0.1) is 11.8 Å². The quantitative estimate of drug-likeness (QED) is 0.890. The van der Waals surface area contributed by atoms with Gasteiger partial charge in [-0.2, -0.15) is 0 Å². The number of aliphatic hydroxyl groups is 1. The van der Waals surface area contributed by atoms with Crippen molar-refractivity contribution in [1.29, 1.82) is 0 Å². The van der Waals surface area contributed by atoms with Crippen molar-refractivity contribution in [2.75, 3.05) is 19.9 Å². The van der Waals surface area contributed by atoms with E-state index in [0.29, 0.717) is 18.8 Å². The van der Waals surface area contributed by atoms with Gasteiger partial charge >= 0.3 is 0 Å². The third-order valence-corrected chi connectivity index (χ3v) is 4.95. The lowest BCUT2D eigenvalue weighted by molar-refractivity contribution is 0.0467. The number of aromatic hydroxyl groups is 1. The molecule has 1 aromatic carbocycles. The smallest absolute Gasteiger partial charge is 0.231 e. The SMILES string of the molecule is Cc1ccc(O)c(CN2CC[C@@H](c3ccc4c(c3)OCO4)[C@H](O)C2)n1. The number of aromatic nitrogens is 1. The standard InChI is InChI=1S/C19H22N2O4/c1-12-2-4-16(22)15(20-12)9-21-7-6-14(17(23)10-21)13-3-5-18-19(8-13)25-11-24-18/h2-5,8,14,17,22-23H,6-7,9-11H2,1H3/t14-,17+/m0/s1. The number of aryl methyl sites for hydroxylation is 1. The lowest BCUT2D eigenvalue weighted by Crippen LogP contribution is -2.42. The van der Waals surface area contributed by atoms with Crippen LogP contribution in [0.1, 0.15) is 29.3 Å². The van der Waals surface area contributed by atoms with Gasteiger partial charge < -0.3 is 19.7 Å². The maximum Gasteiger partial charge on any atom is 0.231 e. The van der Waals surface area contributed by atoms with Gasteiger partial charge in [0.1, 0.15) is 5.75 Å². The lowest BCUT2D eigenvalue weighted by Gasteiger charge is -2.36. The summed E-state index contributed by atoms with van der Waals surface area (Å²) in [6.07, 6.45) is 0.369. The number of ether oxygens (including phenoxy) is 2. The Balaban J connectivity index is 1.44. The minimum Gasteiger partial charge on any atom is -0.506 e. The van der Waals surface area contributed by atoms with Gasteiger partial charge in [-0.3, -0.25) is 9.88 Å². The highest BCUT2D eigenvalue weighted by atomic mass is 16.7. The van der Waals surface area contributed by atoms with Crippen molar-refractivity contribution < 1.29 is 19.7 Å². The van der Waals surface area contributed by atoms with Crippen molar-refractivity contribution >= 4 is 0 Å². The second-order valence-electron chi connectivity index (χ2n) is 6.73. The van der Waals surface area contributed by atoms with Crippen LogP contribution in [0.25, 0.3) is 0 Å². The molecule has 0 saturated carbocycles. The zero-order valence-corrected chi connectivity index (χ0v) is 14.2. The topological polar surface area (TPSA) is 75.1 Å². The molecule has 1 fully saturated rings. The monoisotopic (exact) mass is 342 g/mol. The Morgan fingerprint density at radius 3 is 2.88 bits per heavy atom. The van der Waals surface area contributed by atoms with E-state index in [1.165, 1.54) is 0 Å². The molecule has 2 N–H and O–H groups in total. The van der Waals surface area contributed by atoms with Gasteiger partial charge in [0.15, 0.2) is 11.5 Å². The highest BCUT2D eigenvalue weighted by Gasteiger charge is 2.30. The molecule has 4 rings (SSSR count). The zero-order valence-electron chi connectivity index (χ0n) is 14.2. The molecule has 132 valence electrons. The zero-order chi connectivity index (χ0) is 17.4. The molecule has 1 saturated heterocycles. The van der Waals surface area contributed by atoms with Crippen molar-refractivity contribution in [2.45, 2.75) is 31.9 Å². The normalized spacial score (nSPS) is 23.0. The van der Waals surface area contributed by atoms with Gasteiger partial charge in [0.25, 0.3) is 0 Å². The molecule has 0 radical (unpaired) electrons. The van der Waals surface area contributed by atoms with E-state index in [2.05, 4.69) is 9.88 Å². The molecular weight excluding hydrogens is 320 g/mol.